The van der Waals surface area contributed by atoms with Gasteiger partial charge in [-0.1, -0.05) is 0 Å². The van der Waals surface area contributed by atoms with Gasteiger partial charge in [0.25, 0.3) is 0 Å². The molecule has 0 radical (unpaired) electrons. The topological polar surface area (TPSA) is 95.6 Å². The number of aromatic nitrogens is 2. The van der Waals surface area contributed by atoms with E-state index in [0.717, 1.165) is 33.5 Å². The number of rotatable bonds is 1. The van der Waals surface area contributed by atoms with Gasteiger partial charge in [0.05, 0.1) is 22.5 Å². The molecule has 2 aromatic rings. The summed E-state index contributed by atoms with van der Waals surface area (Å²) in [6, 6.07) is 4.02. The number of hydrogen-bond acceptors (Lipinski definition) is 6. The average molecular weight is 452 g/mol. The third kappa shape index (κ3) is 3.11. The number of aliphatic imine (C=N–C) groups is 2. The van der Waals surface area contributed by atoms with Gasteiger partial charge in [-0.15, -0.1) is 0 Å². The van der Waals surface area contributed by atoms with E-state index in [9.17, 15) is 4.79 Å². The van der Waals surface area contributed by atoms with Crippen molar-refractivity contribution in [2.75, 3.05) is 0 Å². The fourth-order valence-electron chi connectivity index (χ4n) is 5.00. The minimum absolute atomic E-state index is 0.0712. The van der Waals surface area contributed by atoms with Crippen molar-refractivity contribution in [3.8, 4) is 0 Å². The monoisotopic (exact) mass is 451 g/mol. The summed E-state index contributed by atoms with van der Waals surface area (Å²) < 4.78 is 5.55. The number of ketones is 1. The van der Waals surface area contributed by atoms with Gasteiger partial charge in [-0.3, -0.25) is 9.79 Å². The molecule has 0 saturated carbocycles. The first-order chi connectivity index (χ1) is 16.2. The molecule has 0 spiro atoms. The van der Waals surface area contributed by atoms with Crippen LogP contribution in [0.1, 0.15) is 32.4 Å². The van der Waals surface area contributed by atoms with Gasteiger partial charge >= 0.3 is 0 Å². The van der Waals surface area contributed by atoms with Gasteiger partial charge < -0.3 is 14.7 Å². The first-order valence-corrected chi connectivity index (χ1v) is 11.3. The number of nitrogens with zero attached hydrogens (tertiary/aromatic N) is 3. The van der Waals surface area contributed by atoms with Crippen LogP contribution in [-0.4, -0.2) is 32.7 Å². The molecule has 170 valence electrons. The molecule has 34 heavy (non-hydrogen) atoms. The molecule has 6 heterocycles. The highest BCUT2D eigenvalue weighted by molar-refractivity contribution is 6.20. The number of allylic oxidation sites excluding steroid dienone is 4. The highest BCUT2D eigenvalue weighted by Crippen LogP contribution is 2.43. The second-order valence-electron chi connectivity index (χ2n) is 9.88. The van der Waals surface area contributed by atoms with Crippen LogP contribution in [0.25, 0.3) is 12.2 Å². The Labute approximate surface area is 196 Å². The molecule has 4 aliphatic heterocycles. The smallest absolute Gasteiger partial charge is 0.191 e. The van der Waals surface area contributed by atoms with Gasteiger partial charge in [0.15, 0.2) is 11.7 Å². The lowest BCUT2D eigenvalue weighted by molar-refractivity contribution is -0.126. The third-order valence-corrected chi connectivity index (χ3v) is 6.78. The van der Waals surface area contributed by atoms with Gasteiger partial charge in [0, 0.05) is 23.3 Å². The van der Waals surface area contributed by atoms with Crippen molar-refractivity contribution in [1.29, 1.82) is 0 Å². The summed E-state index contributed by atoms with van der Waals surface area (Å²) in [7, 11) is 0. The SMILES string of the molecule is Cc1nc(C23C=CC(=N2)C=c2ccc([nH]2)=CC2=NC(=CC4(C)NC(=C3)C(C)(C)C4=O)C=C2)co1. The predicted octanol–water partition coefficient (Wildman–Crippen LogP) is 2.53. The largest absolute Gasteiger partial charge is 0.449 e. The Morgan fingerprint density at radius 2 is 1.74 bits per heavy atom. The molecule has 2 aromatic heterocycles. The van der Waals surface area contributed by atoms with Crippen molar-refractivity contribution in [2.24, 2.45) is 15.4 Å². The first-order valence-electron chi connectivity index (χ1n) is 11.3. The molecule has 7 nitrogen and oxygen atoms in total. The number of aryl methyl sites for hydroxylation is 1. The number of H-pyrrole nitrogens is 1. The van der Waals surface area contributed by atoms with Crippen molar-refractivity contribution in [2.45, 2.75) is 38.8 Å². The molecule has 2 unspecified atom stereocenters. The Morgan fingerprint density at radius 3 is 2.47 bits per heavy atom. The summed E-state index contributed by atoms with van der Waals surface area (Å²) in [5, 5.41) is 5.37. The Bertz CT molecular complexity index is 1560. The molecule has 0 amide bonds. The highest BCUT2D eigenvalue weighted by atomic mass is 16.3. The summed E-state index contributed by atoms with van der Waals surface area (Å²) in [6.07, 6.45) is 17.4. The summed E-state index contributed by atoms with van der Waals surface area (Å²) >= 11 is 0. The maximum atomic E-state index is 13.7. The minimum atomic E-state index is -0.910. The zero-order chi connectivity index (χ0) is 23.7. The fourth-order valence-corrected chi connectivity index (χ4v) is 5.00. The van der Waals surface area contributed by atoms with Crippen LogP contribution in [0.4, 0.5) is 0 Å². The quantitative estimate of drug-likeness (QED) is 0.697. The lowest BCUT2D eigenvalue weighted by Gasteiger charge is -2.23. The van der Waals surface area contributed by atoms with E-state index in [1.807, 2.05) is 88.4 Å². The minimum Gasteiger partial charge on any atom is -0.449 e. The van der Waals surface area contributed by atoms with Gasteiger partial charge in [-0.25, -0.2) is 9.98 Å². The number of aromatic amines is 1. The van der Waals surface area contributed by atoms with Gasteiger partial charge in [-0.2, -0.15) is 0 Å². The Hall–Kier alpha value is -4.00. The van der Waals surface area contributed by atoms with Crippen LogP contribution in [0.2, 0.25) is 0 Å². The highest BCUT2D eigenvalue weighted by Gasteiger charge is 2.52. The summed E-state index contributed by atoms with van der Waals surface area (Å²) in [4.78, 5) is 31.4. The number of fused-ring (bicyclic) bond motifs is 6. The van der Waals surface area contributed by atoms with Crippen molar-refractivity contribution < 1.29 is 9.21 Å². The predicted molar refractivity (Wildman–Crippen MR) is 132 cm³/mol. The third-order valence-electron chi connectivity index (χ3n) is 6.78. The second-order valence-corrected chi connectivity index (χ2v) is 9.88. The van der Waals surface area contributed by atoms with E-state index in [2.05, 4.69) is 15.3 Å². The molecule has 8 bridgehead atoms. The number of Topliss-reactive ketones (excluding diaryl/α,β-unsaturated/α-hetero) is 1. The van der Waals surface area contributed by atoms with E-state index in [1.165, 1.54) is 0 Å². The fraction of sp³-hybridized carbons (Fsp3) is 0.259. The van der Waals surface area contributed by atoms with Crippen LogP contribution >= 0.6 is 0 Å². The van der Waals surface area contributed by atoms with Crippen LogP contribution in [0.5, 0.6) is 0 Å². The van der Waals surface area contributed by atoms with Gasteiger partial charge in [-0.05, 0) is 81.5 Å². The molecule has 7 heteroatoms. The Morgan fingerprint density at radius 1 is 0.971 bits per heavy atom. The zero-order valence-corrected chi connectivity index (χ0v) is 19.5. The van der Waals surface area contributed by atoms with Crippen molar-refractivity contribution in [1.82, 2.24) is 15.3 Å². The van der Waals surface area contributed by atoms with Crippen LogP contribution in [0.15, 0.2) is 80.6 Å². The Balaban J connectivity index is 1.63. The number of carbonyl (C=O) groups excluding carboxylic acids is 1. The molecule has 4 aliphatic rings. The number of oxazole rings is 1. The van der Waals surface area contributed by atoms with Crippen LogP contribution < -0.4 is 16.0 Å². The van der Waals surface area contributed by atoms with Crippen molar-refractivity contribution >= 4 is 29.4 Å². The Kier molecular flexibility index (Phi) is 4.09. The van der Waals surface area contributed by atoms with E-state index in [1.54, 1.807) is 6.26 Å². The van der Waals surface area contributed by atoms with Gasteiger partial charge in [0.2, 0.25) is 0 Å². The lowest BCUT2D eigenvalue weighted by Crippen LogP contribution is -2.41. The van der Waals surface area contributed by atoms with Crippen molar-refractivity contribution in [3.63, 3.8) is 0 Å². The van der Waals surface area contributed by atoms with Gasteiger partial charge in [0.1, 0.15) is 23.0 Å². The van der Waals surface area contributed by atoms with E-state index in [4.69, 9.17) is 14.4 Å². The van der Waals surface area contributed by atoms with E-state index in [0.29, 0.717) is 11.6 Å². The maximum absolute atomic E-state index is 13.7. The lowest BCUT2D eigenvalue weighted by atomic mass is 9.79. The molecule has 2 N–H and O–H groups in total. The van der Waals surface area contributed by atoms with Crippen LogP contribution in [0.3, 0.4) is 0 Å². The summed E-state index contributed by atoms with van der Waals surface area (Å²) in [5.74, 6) is 0.633. The first kappa shape index (κ1) is 20.6. The molecule has 1 fully saturated rings. The summed E-state index contributed by atoms with van der Waals surface area (Å²) in [5.41, 5.74) is 1.28. The molecule has 0 aliphatic carbocycles. The summed E-state index contributed by atoms with van der Waals surface area (Å²) in [6.45, 7) is 7.59. The molecular weight excluding hydrogens is 426 g/mol. The maximum Gasteiger partial charge on any atom is 0.191 e. The molecule has 6 rings (SSSR count). The van der Waals surface area contributed by atoms with Crippen LogP contribution in [0, 0.1) is 12.3 Å². The molecular formula is C27H25N5O2. The molecule has 0 aromatic carbocycles. The number of nitrogens with one attached hydrogen (secondary N) is 2. The molecule has 1 saturated heterocycles. The second kappa shape index (κ2) is 6.76. The van der Waals surface area contributed by atoms with E-state index in [-0.39, 0.29) is 5.78 Å². The standard InChI is InChI=1S/C27H25N5O2/c1-16-28-23(15-34-16)27-10-9-20(31-27)12-19-6-5-17(29-19)11-18-7-8-21(30-18)13-26(4)24(33)25(2,3)22(14-27)32-26/h5-15,29,32H,1-4H3. The van der Waals surface area contributed by atoms with Crippen molar-refractivity contribution in [3.05, 3.63) is 88.5 Å². The molecule has 2 atom stereocenters. The van der Waals surface area contributed by atoms with Crippen LogP contribution in [-0.2, 0) is 10.3 Å². The number of hydrogen-bond donors (Lipinski definition) is 2. The van der Waals surface area contributed by atoms with E-state index >= 15 is 0 Å². The average Bonchev–Trinajstić information content (AvgIpc) is 3.58. The zero-order valence-electron chi connectivity index (χ0n) is 19.5. The normalized spacial score (nSPS) is 28.5. The van der Waals surface area contributed by atoms with E-state index < -0.39 is 16.5 Å². The number of carbonyl (C=O) groups is 1.